The van der Waals surface area contributed by atoms with Gasteiger partial charge in [-0.05, 0) is 13.8 Å². The van der Waals surface area contributed by atoms with E-state index in [4.69, 9.17) is 10.8 Å². The average molecular weight is 129 g/mol. The molecule has 0 heterocycles. The van der Waals surface area contributed by atoms with E-state index in [1.807, 2.05) is 0 Å². The number of allylic oxidation sites excluding steroid dienone is 1. The second kappa shape index (κ2) is 2.64. The quantitative estimate of drug-likeness (QED) is 0.529. The van der Waals surface area contributed by atoms with E-state index < -0.39 is 11.5 Å². The van der Waals surface area contributed by atoms with Gasteiger partial charge in [-0.2, -0.15) is 0 Å². The Morgan fingerprint density at radius 2 is 2.22 bits per heavy atom. The number of aliphatic carboxylic acids is 1. The lowest BCUT2D eigenvalue weighted by atomic mass is 10.0. The van der Waals surface area contributed by atoms with E-state index in [1.54, 1.807) is 13.0 Å². The molecule has 3 nitrogen and oxygen atoms in total. The topological polar surface area (TPSA) is 63.3 Å². The minimum absolute atomic E-state index is 1.01. The molecule has 0 radical (unpaired) electrons. The molecule has 0 amide bonds. The van der Waals surface area contributed by atoms with Crippen LogP contribution < -0.4 is 5.73 Å². The fraction of sp³-hybridized carbons (Fsp3) is 0.500. The van der Waals surface area contributed by atoms with Crippen LogP contribution in [0.2, 0.25) is 0 Å². The van der Waals surface area contributed by atoms with Gasteiger partial charge in [0.15, 0.2) is 0 Å². The molecule has 0 aliphatic rings. The van der Waals surface area contributed by atoms with E-state index in [-0.39, 0.29) is 0 Å². The molecule has 1 atom stereocenters. The second-order valence-electron chi connectivity index (χ2n) is 2.09. The van der Waals surface area contributed by atoms with Gasteiger partial charge in [0.25, 0.3) is 0 Å². The number of hydrogen-bond acceptors (Lipinski definition) is 2. The number of carboxylic acid groups (broad SMARTS) is 1. The number of nitrogens with two attached hydrogens (primary N) is 1. The van der Waals surface area contributed by atoms with Crippen molar-refractivity contribution >= 4 is 5.97 Å². The molecular formula is C6H11NO2. The molecule has 0 aliphatic heterocycles. The maximum Gasteiger partial charge on any atom is 0.327 e. The molecule has 0 bridgehead atoms. The fourth-order valence-electron chi connectivity index (χ4n) is 0.418. The van der Waals surface area contributed by atoms with Crippen LogP contribution in [-0.4, -0.2) is 16.6 Å². The molecule has 3 heteroatoms. The highest BCUT2D eigenvalue weighted by Gasteiger charge is 2.22. The summed E-state index contributed by atoms with van der Waals surface area (Å²) in [6, 6.07) is 0. The normalized spacial score (nSPS) is 17.7. The van der Waals surface area contributed by atoms with Crippen molar-refractivity contribution < 1.29 is 9.90 Å². The third-order valence-corrected chi connectivity index (χ3v) is 0.974. The third kappa shape index (κ3) is 2.28. The molecule has 0 fully saturated rings. The van der Waals surface area contributed by atoms with Gasteiger partial charge in [0, 0.05) is 0 Å². The monoisotopic (exact) mass is 129 g/mol. The summed E-state index contributed by atoms with van der Waals surface area (Å²) in [6.45, 7) is 3.17. The molecule has 0 spiro atoms. The van der Waals surface area contributed by atoms with Crippen LogP contribution in [0.25, 0.3) is 0 Å². The SMILES string of the molecule is CC=C[C@@](C)(N)C(=O)O. The molecule has 0 saturated heterocycles. The third-order valence-electron chi connectivity index (χ3n) is 0.974. The highest BCUT2D eigenvalue weighted by Crippen LogP contribution is 1.99. The lowest BCUT2D eigenvalue weighted by Gasteiger charge is -2.12. The summed E-state index contributed by atoms with van der Waals surface area (Å²) in [5, 5.41) is 8.40. The molecule has 0 saturated carbocycles. The minimum Gasteiger partial charge on any atom is -0.480 e. The van der Waals surface area contributed by atoms with Gasteiger partial charge in [-0.1, -0.05) is 12.2 Å². The zero-order chi connectivity index (χ0) is 7.49. The Balaban J connectivity index is 4.19. The molecule has 52 valence electrons. The number of carbonyl (C=O) groups is 1. The summed E-state index contributed by atoms with van der Waals surface area (Å²) < 4.78 is 0. The van der Waals surface area contributed by atoms with Crippen LogP contribution in [0.3, 0.4) is 0 Å². The zero-order valence-electron chi connectivity index (χ0n) is 5.59. The average Bonchev–Trinajstić information content (AvgIpc) is 1.65. The van der Waals surface area contributed by atoms with Crippen molar-refractivity contribution in [2.45, 2.75) is 19.4 Å². The van der Waals surface area contributed by atoms with E-state index in [0.717, 1.165) is 0 Å². The van der Waals surface area contributed by atoms with Crippen molar-refractivity contribution in [1.29, 1.82) is 0 Å². The highest BCUT2D eigenvalue weighted by atomic mass is 16.4. The maximum atomic E-state index is 10.2. The van der Waals surface area contributed by atoms with Gasteiger partial charge < -0.3 is 10.8 Å². The highest BCUT2D eigenvalue weighted by molar-refractivity contribution is 5.80. The summed E-state index contributed by atoms with van der Waals surface area (Å²) in [7, 11) is 0. The van der Waals surface area contributed by atoms with Crippen molar-refractivity contribution in [1.82, 2.24) is 0 Å². The standard InChI is InChI=1S/C6H11NO2/c1-3-4-6(2,7)5(8)9/h3-4H,7H2,1-2H3,(H,8,9)/t6-/m1/s1. The van der Waals surface area contributed by atoms with Gasteiger partial charge in [-0.25, -0.2) is 4.79 Å². The van der Waals surface area contributed by atoms with Gasteiger partial charge in [0.1, 0.15) is 5.54 Å². The Bertz CT molecular complexity index is 138. The molecule has 0 rings (SSSR count). The summed E-state index contributed by atoms with van der Waals surface area (Å²) >= 11 is 0. The molecular weight excluding hydrogens is 118 g/mol. The Kier molecular flexibility index (Phi) is 2.40. The van der Waals surface area contributed by atoms with Crippen LogP contribution in [0.5, 0.6) is 0 Å². The van der Waals surface area contributed by atoms with Crippen molar-refractivity contribution in [3.8, 4) is 0 Å². The minimum atomic E-state index is -1.21. The first-order valence-corrected chi connectivity index (χ1v) is 2.67. The predicted molar refractivity (Wildman–Crippen MR) is 35.0 cm³/mol. The van der Waals surface area contributed by atoms with Crippen LogP contribution in [0.1, 0.15) is 13.8 Å². The summed E-state index contributed by atoms with van der Waals surface area (Å²) in [6.07, 6.45) is 3.06. The number of hydrogen-bond donors (Lipinski definition) is 2. The maximum absolute atomic E-state index is 10.2. The first kappa shape index (κ1) is 8.17. The molecule has 0 aliphatic carbocycles. The van der Waals surface area contributed by atoms with E-state index in [1.165, 1.54) is 13.0 Å². The largest absolute Gasteiger partial charge is 0.480 e. The molecule has 0 aromatic rings. The first-order valence-electron chi connectivity index (χ1n) is 2.67. The first-order chi connectivity index (χ1) is 4.00. The smallest absolute Gasteiger partial charge is 0.327 e. The van der Waals surface area contributed by atoms with Gasteiger partial charge in [-0.15, -0.1) is 0 Å². The van der Waals surface area contributed by atoms with Crippen LogP contribution >= 0.6 is 0 Å². The Morgan fingerprint density at radius 3 is 2.33 bits per heavy atom. The Hall–Kier alpha value is -0.830. The van der Waals surface area contributed by atoms with Crippen LogP contribution in [0.15, 0.2) is 12.2 Å². The molecule has 0 aromatic heterocycles. The summed E-state index contributed by atoms with van der Waals surface area (Å²) in [5.41, 5.74) is 4.07. The lowest BCUT2D eigenvalue weighted by Crippen LogP contribution is -2.42. The van der Waals surface area contributed by atoms with Crippen LogP contribution in [-0.2, 0) is 4.79 Å². The molecule has 0 unspecified atom stereocenters. The van der Waals surface area contributed by atoms with E-state index in [0.29, 0.717) is 0 Å². The van der Waals surface area contributed by atoms with Crippen molar-refractivity contribution in [3.05, 3.63) is 12.2 Å². The van der Waals surface area contributed by atoms with Crippen LogP contribution in [0.4, 0.5) is 0 Å². The molecule has 9 heavy (non-hydrogen) atoms. The van der Waals surface area contributed by atoms with Crippen molar-refractivity contribution in [3.63, 3.8) is 0 Å². The summed E-state index contributed by atoms with van der Waals surface area (Å²) in [5.74, 6) is -1.01. The Morgan fingerprint density at radius 1 is 1.78 bits per heavy atom. The molecule has 0 aromatic carbocycles. The fourth-order valence-corrected chi connectivity index (χ4v) is 0.418. The van der Waals surface area contributed by atoms with E-state index in [9.17, 15) is 4.79 Å². The number of rotatable bonds is 2. The van der Waals surface area contributed by atoms with Gasteiger partial charge >= 0.3 is 5.97 Å². The molecule has 3 N–H and O–H groups in total. The summed E-state index contributed by atoms with van der Waals surface area (Å²) in [4.78, 5) is 10.2. The second-order valence-corrected chi connectivity index (χ2v) is 2.09. The zero-order valence-corrected chi connectivity index (χ0v) is 5.59. The van der Waals surface area contributed by atoms with Crippen LogP contribution in [0, 0.1) is 0 Å². The number of carboxylic acids is 1. The predicted octanol–water partition coefficient (Wildman–Crippen LogP) is 0.365. The van der Waals surface area contributed by atoms with Gasteiger partial charge in [0.05, 0.1) is 0 Å². The van der Waals surface area contributed by atoms with Gasteiger partial charge in [-0.3, -0.25) is 0 Å². The lowest BCUT2D eigenvalue weighted by molar-refractivity contribution is -0.140. The van der Waals surface area contributed by atoms with Crippen molar-refractivity contribution in [2.24, 2.45) is 5.73 Å². The van der Waals surface area contributed by atoms with Crippen molar-refractivity contribution in [2.75, 3.05) is 0 Å². The van der Waals surface area contributed by atoms with E-state index >= 15 is 0 Å². The van der Waals surface area contributed by atoms with E-state index in [2.05, 4.69) is 0 Å². The van der Waals surface area contributed by atoms with Gasteiger partial charge in [0.2, 0.25) is 0 Å². The Labute approximate surface area is 54.2 Å².